The molecule has 4 rings (SSSR count). The monoisotopic (exact) mass is 504 g/mol. The van der Waals surface area contributed by atoms with Gasteiger partial charge in [-0.25, -0.2) is 9.97 Å². The van der Waals surface area contributed by atoms with Crippen LogP contribution < -0.4 is 15.0 Å². The first-order valence-corrected chi connectivity index (χ1v) is 12.8. The molecule has 0 bridgehead atoms. The van der Waals surface area contributed by atoms with Gasteiger partial charge in [-0.3, -0.25) is 4.79 Å². The Kier molecular flexibility index (Phi) is 9.46. The lowest BCUT2D eigenvalue weighted by Crippen LogP contribution is -2.34. The number of carbonyl (C=O) groups excluding carboxylic acids is 1. The molecule has 1 saturated heterocycles. The third-order valence-electron chi connectivity index (χ3n) is 6.68. The van der Waals surface area contributed by atoms with Gasteiger partial charge in [0, 0.05) is 38.9 Å². The fraction of sp³-hybridized carbons (Fsp3) is 0.414. The number of aliphatic hydroxyl groups is 1. The first-order valence-electron chi connectivity index (χ1n) is 12.8. The van der Waals surface area contributed by atoms with E-state index >= 15 is 0 Å². The number of aliphatic hydroxyl groups excluding tert-OH is 1. The van der Waals surface area contributed by atoms with Crippen LogP contribution in [0, 0.1) is 12.8 Å². The van der Waals surface area contributed by atoms with Crippen LogP contribution in [0.2, 0.25) is 0 Å². The van der Waals surface area contributed by atoms with Crippen molar-refractivity contribution in [3.8, 4) is 5.75 Å². The summed E-state index contributed by atoms with van der Waals surface area (Å²) in [4.78, 5) is 24.8. The molecule has 196 valence electrons. The molecule has 2 heterocycles. The summed E-state index contributed by atoms with van der Waals surface area (Å²) in [5.74, 6) is 1.25. The highest BCUT2D eigenvalue weighted by Crippen LogP contribution is 2.27. The minimum atomic E-state index is -0.284. The van der Waals surface area contributed by atoms with Crippen LogP contribution in [-0.4, -0.2) is 54.3 Å². The second kappa shape index (κ2) is 13.2. The summed E-state index contributed by atoms with van der Waals surface area (Å²) in [5.41, 5.74) is 4.05. The Morgan fingerprint density at radius 2 is 1.78 bits per heavy atom. The van der Waals surface area contributed by atoms with Crippen molar-refractivity contribution in [2.45, 2.75) is 39.4 Å². The molecule has 0 radical (unpaired) electrons. The van der Waals surface area contributed by atoms with E-state index in [1.54, 1.807) is 7.11 Å². The van der Waals surface area contributed by atoms with Crippen LogP contribution in [0.25, 0.3) is 0 Å². The number of hydrogen-bond donors (Lipinski definition) is 2. The maximum atomic E-state index is 13.0. The number of ether oxygens (including phenoxy) is 2. The number of methoxy groups -OCH3 is 1. The molecular formula is C29H36N4O4. The van der Waals surface area contributed by atoms with Crippen molar-refractivity contribution in [2.24, 2.45) is 5.92 Å². The molecule has 2 N–H and O–H groups in total. The van der Waals surface area contributed by atoms with Crippen molar-refractivity contribution in [3.63, 3.8) is 0 Å². The molecule has 0 saturated carbocycles. The molecule has 37 heavy (non-hydrogen) atoms. The highest BCUT2D eigenvalue weighted by atomic mass is 16.5. The summed E-state index contributed by atoms with van der Waals surface area (Å²) in [6, 6.07) is 17.9. The molecule has 1 aliphatic rings. The summed E-state index contributed by atoms with van der Waals surface area (Å²) < 4.78 is 11.1. The zero-order valence-corrected chi connectivity index (χ0v) is 21.7. The van der Waals surface area contributed by atoms with Gasteiger partial charge in [-0.2, -0.15) is 0 Å². The lowest BCUT2D eigenvalue weighted by atomic mass is 9.92. The van der Waals surface area contributed by atoms with E-state index < -0.39 is 0 Å². The Bertz CT molecular complexity index is 1150. The quantitative estimate of drug-likeness (QED) is 0.385. The lowest BCUT2D eigenvalue weighted by molar-refractivity contribution is 0.0926. The van der Waals surface area contributed by atoms with E-state index in [9.17, 15) is 9.90 Å². The summed E-state index contributed by atoms with van der Waals surface area (Å²) in [6.45, 7) is 4.98. The normalized spacial score (nSPS) is 14.0. The maximum Gasteiger partial charge on any atom is 0.273 e. The molecule has 1 aromatic heterocycles. The fourth-order valence-corrected chi connectivity index (χ4v) is 4.58. The second-order valence-electron chi connectivity index (χ2n) is 9.39. The van der Waals surface area contributed by atoms with Gasteiger partial charge in [0.1, 0.15) is 12.4 Å². The summed E-state index contributed by atoms with van der Waals surface area (Å²) in [5, 5.41) is 12.1. The first-order chi connectivity index (χ1) is 18.1. The van der Waals surface area contributed by atoms with E-state index in [4.69, 9.17) is 14.5 Å². The van der Waals surface area contributed by atoms with Crippen LogP contribution in [0.1, 0.15) is 46.0 Å². The standard InChI is InChI=1S/C29H36N4O4/c1-21-28(37-20-24-6-4-3-5-7-24)27(29(35)30-14-17-36-2)32-26(31-21)18-22-12-15-33(16-13-22)25-10-8-23(19-34)9-11-25/h3-11,22,34H,12-20H2,1-2H3,(H,30,35). The van der Waals surface area contributed by atoms with Gasteiger partial charge in [0.2, 0.25) is 0 Å². The molecule has 8 heteroatoms. The number of hydrogen-bond acceptors (Lipinski definition) is 7. The smallest absolute Gasteiger partial charge is 0.273 e. The molecule has 0 aliphatic carbocycles. The molecule has 3 aromatic rings. The van der Waals surface area contributed by atoms with Crippen LogP contribution >= 0.6 is 0 Å². The molecule has 8 nitrogen and oxygen atoms in total. The number of benzene rings is 2. The highest BCUT2D eigenvalue weighted by molar-refractivity contribution is 5.95. The predicted octanol–water partition coefficient (Wildman–Crippen LogP) is 3.69. The van der Waals surface area contributed by atoms with Gasteiger partial charge in [0.25, 0.3) is 5.91 Å². The van der Waals surface area contributed by atoms with E-state index in [-0.39, 0.29) is 18.2 Å². The number of nitrogens with zero attached hydrogens (tertiary/aromatic N) is 3. The first kappa shape index (κ1) is 26.6. The second-order valence-corrected chi connectivity index (χ2v) is 9.39. The SMILES string of the molecule is COCCNC(=O)c1nc(CC2CCN(c3ccc(CO)cc3)CC2)nc(C)c1OCc1ccccc1. The minimum Gasteiger partial charge on any atom is -0.485 e. The number of carbonyl (C=O) groups is 1. The lowest BCUT2D eigenvalue weighted by Gasteiger charge is -2.33. The number of anilines is 1. The third kappa shape index (κ3) is 7.27. The Morgan fingerprint density at radius 1 is 1.05 bits per heavy atom. The van der Waals surface area contributed by atoms with E-state index in [1.807, 2.05) is 49.4 Å². The zero-order valence-electron chi connectivity index (χ0n) is 21.7. The fourth-order valence-electron chi connectivity index (χ4n) is 4.58. The third-order valence-corrected chi connectivity index (χ3v) is 6.68. The molecule has 2 aromatic carbocycles. The minimum absolute atomic E-state index is 0.0598. The number of rotatable bonds is 11. The van der Waals surface area contributed by atoms with Gasteiger partial charge in [-0.1, -0.05) is 42.5 Å². The van der Waals surface area contributed by atoms with Crippen LogP contribution in [-0.2, 0) is 24.4 Å². The summed E-state index contributed by atoms with van der Waals surface area (Å²) in [6.07, 6.45) is 2.76. The molecule has 0 atom stereocenters. The molecule has 1 aliphatic heterocycles. The largest absolute Gasteiger partial charge is 0.485 e. The van der Waals surface area contributed by atoms with Crippen LogP contribution in [0.4, 0.5) is 5.69 Å². The molecule has 0 unspecified atom stereocenters. The number of amides is 1. The van der Waals surface area contributed by atoms with E-state index in [1.165, 1.54) is 5.69 Å². The molecule has 1 fully saturated rings. The zero-order chi connectivity index (χ0) is 26.0. The Balaban J connectivity index is 1.44. The number of piperidine rings is 1. The number of aromatic nitrogens is 2. The summed E-state index contributed by atoms with van der Waals surface area (Å²) >= 11 is 0. The van der Waals surface area contributed by atoms with Gasteiger partial charge >= 0.3 is 0 Å². The Morgan fingerprint density at radius 3 is 2.46 bits per heavy atom. The van der Waals surface area contributed by atoms with Crippen molar-refractivity contribution in [1.82, 2.24) is 15.3 Å². The van der Waals surface area contributed by atoms with Crippen molar-refractivity contribution < 1.29 is 19.4 Å². The maximum absolute atomic E-state index is 13.0. The van der Waals surface area contributed by atoms with Gasteiger partial charge in [0.15, 0.2) is 11.4 Å². The van der Waals surface area contributed by atoms with E-state index in [2.05, 4.69) is 27.3 Å². The van der Waals surface area contributed by atoms with Crippen molar-refractivity contribution in [3.05, 3.63) is 82.9 Å². The van der Waals surface area contributed by atoms with Crippen molar-refractivity contribution in [2.75, 3.05) is 38.3 Å². The van der Waals surface area contributed by atoms with Crippen LogP contribution in [0.15, 0.2) is 54.6 Å². The van der Waals surface area contributed by atoms with Gasteiger partial charge < -0.3 is 24.8 Å². The summed E-state index contributed by atoms with van der Waals surface area (Å²) in [7, 11) is 1.60. The molecule has 1 amide bonds. The molecular weight excluding hydrogens is 468 g/mol. The van der Waals surface area contributed by atoms with Crippen molar-refractivity contribution >= 4 is 11.6 Å². The van der Waals surface area contributed by atoms with Crippen LogP contribution in [0.5, 0.6) is 5.75 Å². The van der Waals surface area contributed by atoms with E-state index in [0.29, 0.717) is 42.9 Å². The van der Waals surface area contributed by atoms with Gasteiger partial charge in [-0.15, -0.1) is 0 Å². The topological polar surface area (TPSA) is 96.8 Å². The Labute approximate surface area is 218 Å². The van der Waals surface area contributed by atoms with Gasteiger partial charge in [0.05, 0.1) is 18.9 Å². The molecule has 0 spiro atoms. The highest BCUT2D eigenvalue weighted by Gasteiger charge is 2.24. The average molecular weight is 505 g/mol. The van der Waals surface area contributed by atoms with Gasteiger partial charge in [-0.05, 0) is 48.9 Å². The van der Waals surface area contributed by atoms with Crippen molar-refractivity contribution in [1.29, 1.82) is 0 Å². The average Bonchev–Trinajstić information content (AvgIpc) is 2.93. The number of aryl methyl sites for hydroxylation is 1. The number of nitrogens with one attached hydrogen (secondary N) is 1. The van der Waals surface area contributed by atoms with Crippen LogP contribution in [0.3, 0.4) is 0 Å². The Hall–Kier alpha value is -3.49. The predicted molar refractivity (Wildman–Crippen MR) is 143 cm³/mol. The van der Waals surface area contributed by atoms with E-state index in [0.717, 1.165) is 43.5 Å².